The number of fused-ring (bicyclic) bond motifs is 4. The summed E-state index contributed by atoms with van der Waals surface area (Å²) in [5, 5.41) is 4.79. The van der Waals surface area contributed by atoms with Crippen LogP contribution in [0.25, 0.3) is 17.0 Å². The van der Waals surface area contributed by atoms with Gasteiger partial charge in [-0.25, -0.2) is 0 Å². The molecule has 2 aromatic carbocycles. The third-order valence-electron chi connectivity index (χ3n) is 7.44. The molecule has 2 amide bonds. The molecule has 4 aliphatic heterocycles. The number of nitrogens with zero attached hydrogens (tertiary/aromatic N) is 4. The number of hydrogen-bond acceptors (Lipinski definition) is 5. The highest BCUT2D eigenvalue weighted by atomic mass is 35.5. The van der Waals surface area contributed by atoms with Crippen molar-refractivity contribution in [3.8, 4) is 0 Å². The van der Waals surface area contributed by atoms with E-state index in [0.717, 1.165) is 50.3 Å². The van der Waals surface area contributed by atoms with Crippen LogP contribution in [0.3, 0.4) is 0 Å². The van der Waals surface area contributed by atoms with Gasteiger partial charge in [-0.1, -0.05) is 23.7 Å². The lowest BCUT2D eigenvalue weighted by atomic mass is 9.83. The van der Waals surface area contributed by atoms with Crippen LogP contribution >= 0.6 is 23.4 Å². The first-order valence-electron chi connectivity index (χ1n) is 12.0. The Morgan fingerprint density at radius 2 is 1.89 bits per heavy atom. The number of rotatable bonds is 4. The van der Waals surface area contributed by atoms with Crippen LogP contribution in [0, 0.1) is 5.92 Å². The Bertz CT molecular complexity index is 1450. The molecule has 1 unspecified atom stereocenters. The smallest absolute Gasteiger partial charge is 0.301 e. The Labute approximate surface area is 220 Å². The number of carbonyl (C=O) groups is 2. The highest BCUT2D eigenvalue weighted by Crippen LogP contribution is 2.40. The zero-order valence-electron chi connectivity index (χ0n) is 19.5. The number of piperidine rings is 3. The lowest BCUT2D eigenvalue weighted by molar-refractivity contribution is -0.138. The second-order valence-corrected chi connectivity index (χ2v) is 11.1. The Balaban J connectivity index is 1.25. The van der Waals surface area contributed by atoms with E-state index in [2.05, 4.69) is 10.00 Å². The summed E-state index contributed by atoms with van der Waals surface area (Å²) >= 11 is 6.75. The SMILES string of the molecule is O=C1S/C(=C\c2ccc3c(cnn3Cc3ccc(Cl)cc3C(F)(F)F)c2)C(=O)N1C1CN2CCC1CC2. The molecule has 37 heavy (non-hydrogen) atoms. The molecule has 5 heterocycles. The van der Waals surface area contributed by atoms with Crippen LogP contribution in [0.15, 0.2) is 47.5 Å². The molecule has 4 saturated heterocycles. The van der Waals surface area contributed by atoms with Crippen LogP contribution in [0.4, 0.5) is 18.0 Å². The summed E-state index contributed by atoms with van der Waals surface area (Å²) in [7, 11) is 0. The summed E-state index contributed by atoms with van der Waals surface area (Å²) < 4.78 is 42.0. The first-order chi connectivity index (χ1) is 17.7. The van der Waals surface area contributed by atoms with E-state index in [9.17, 15) is 22.8 Å². The van der Waals surface area contributed by atoms with Crippen LogP contribution in [0.5, 0.6) is 0 Å². The minimum Gasteiger partial charge on any atom is -0.301 e. The summed E-state index contributed by atoms with van der Waals surface area (Å²) in [4.78, 5) is 30.1. The number of amides is 2. The molecule has 2 bridgehead atoms. The molecule has 4 fully saturated rings. The van der Waals surface area contributed by atoms with Crippen molar-refractivity contribution in [3.05, 3.63) is 69.2 Å². The number of hydrogen-bond donors (Lipinski definition) is 0. The molecule has 0 aliphatic carbocycles. The van der Waals surface area contributed by atoms with Gasteiger partial charge in [-0.15, -0.1) is 0 Å². The highest BCUT2D eigenvalue weighted by molar-refractivity contribution is 8.18. The van der Waals surface area contributed by atoms with Crippen molar-refractivity contribution in [3.63, 3.8) is 0 Å². The molecular weight excluding hydrogens is 525 g/mol. The monoisotopic (exact) mass is 546 g/mol. The zero-order chi connectivity index (χ0) is 25.9. The van der Waals surface area contributed by atoms with E-state index >= 15 is 0 Å². The third-order valence-corrected chi connectivity index (χ3v) is 8.56. The highest BCUT2D eigenvalue weighted by Gasteiger charge is 2.46. The average Bonchev–Trinajstić information content (AvgIpc) is 3.39. The Morgan fingerprint density at radius 1 is 1.11 bits per heavy atom. The van der Waals surface area contributed by atoms with Crippen LogP contribution in [-0.2, 0) is 17.5 Å². The van der Waals surface area contributed by atoms with E-state index in [1.807, 2.05) is 6.07 Å². The van der Waals surface area contributed by atoms with Gasteiger partial charge in [0.2, 0.25) is 0 Å². The number of alkyl halides is 3. The molecule has 4 aliphatic rings. The largest absolute Gasteiger partial charge is 0.416 e. The van der Waals surface area contributed by atoms with E-state index in [0.29, 0.717) is 27.3 Å². The van der Waals surface area contributed by atoms with Gasteiger partial charge in [0.1, 0.15) is 0 Å². The summed E-state index contributed by atoms with van der Waals surface area (Å²) in [5.41, 5.74) is 0.640. The number of carbonyl (C=O) groups excluding carboxylic acids is 2. The minimum atomic E-state index is -4.53. The Morgan fingerprint density at radius 3 is 2.59 bits per heavy atom. The van der Waals surface area contributed by atoms with Crippen molar-refractivity contribution in [2.45, 2.75) is 31.6 Å². The van der Waals surface area contributed by atoms with Gasteiger partial charge in [-0.05, 0) is 85.1 Å². The number of aromatic nitrogens is 2. The van der Waals surface area contributed by atoms with Gasteiger partial charge >= 0.3 is 6.18 Å². The van der Waals surface area contributed by atoms with E-state index in [1.165, 1.54) is 21.7 Å². The molecule has 0 saturated carbocycles. The van der Waals surface area contributed by atoms with Gasteiger partial charge in [-0.2, -0.15) is 18.3 Å². The number of imide groups is 1. The van der Waals surface area contributed by atoms with Crippen LogP contribution in [0.2, 0.25) is 5.02 Å². The van der Waals surface area contributed by atoms with Gasteiger partial charge in [0.05, 0.1) is 34.8 Å². The second kappa shape index (κ2) is 9.18. The molecule has 7 rings (SSSR count). The molecule has 11 heteroatoms. The summed E-state index contributed by atoms with van der Waals surface area (Å²) in [6.45, 7) is 2.71. The molecule has 0 N–H and O–H groups in total. The van der Waals surface area contributed by atoms with Crippen molar-refractivity contribution >= 4 is 51.5 Å². The van der Waals surface area contributed by atoms with Gasteiger partial charge in [0.15, 0.2) is 0 Å². The predicted molar refractivity (Wildman–Crippen MR) is 136 cm³/mol. The summed E-state index contributed by atoms with van der Waals surface area (Å²) in [6, 6.07) is 8.98. The van der Waals surface area contributed by atoms with E-state index in [1.54, 1.807) is 24.4 Å². The Hall–Kier alpha value is -2.82. The lowest BCUT2D eigenvalue weighted by Gasteiger charge is -2.47. The van der Waals surface area contributed by atoms with Crippen LogP contribution < -0.4 is 0 Å². The number of benzene rings is 2. The zero-order valence-corrected chi connectivity index (χ0v) is 21.1. The van der Waals surface area contributed by atoms with Crippen molar-refractivity contribution < 1.29 is 22.8 Å². The fourth-order valence-electron chi connectivity index (χ4n) is 5.58. The minimum absolute atomic E-state index is 0.0176. The molecule has 1 atom stereocenters. The van der Waals surface area contributed by atoms with Gasteiger partial charge in [0, 0.05) is 17.0 Å². The van der Waals surface area contributed by atoms with Crippen LogP contribution in [0.1, 0.15) is 29.5 Å². The third kappa shape index (κ3) is 4.55. The Kier molecular flexibility index (Phi) is 6.08. The standard InChI is InChI=1S/C26H22ClF3N4O2S/c27-19-3-2-17(20(11-19)26(28,29)30)13-33-21-4-1-15(9-18(21)12-31-33)10-23-24(35)34(25(36)37-23)22-14-32-7-5-16(22)6-8-32/h1-4,9-12,16,22H,5-8,13-14H2/b23-10-. The van der Waals surface area contributed by atoms with Crippen LogP contribution in [-0.4, -0.2) is 56.4 Å². The topological polar surface area (TPSA) is 58.4 Å². The average molecular weight is 547 g/mol. The van der Waals surface area contributed by atoms with E-state index in [-0.39, 0.29) is 34.3 Å². The number of thioether (sulfide) groups is 1. The maximum Gasteiger partial charge on any atom is 0.416 e. The molecule has 0 radical (unpaired) electrons. The quantitative estimate of drug-likeness (QED) is 0.382. The van der Waals surface area contributed by atoms with Gasteiger partial charge < -0.3 is 4.90 Å². The maximum absolute atomic E-state index is 13.5. The molecule has 0 spiro atoms. The molecule has 192 valence electrons. The molecule has 6 nitrogen and oxygen atoms in total. The normalized spacial score (nSPS) is 25.1. The van der Waals surface area contributed by atoms with Gasteiger partial charge in [0.25, 0.3) is 11.1 Å². The lowest BCUT2D eigenvalue weighted by Crippen LogP contribution is -2.58. The van der Waals surface area contributed by atoms with Crippen molar-refractivity contribution in [2.75, 3.05) is 19.6 Å². The second-order valence-electron chi connectivity index (χ2n) is 9.68. The first kappa shape index (κ1) is 24.5. The van der Waals surface area contributed by atoms with Crippen molar-refractivity contribution in [2.24, 2.45) is 5.92 Å². The van der Waals surface area contributed by atoms with E-state index < -0.39 is 11.7 Å². The fourth-order valence-corrected chi connectivity index (χ4v) is 6.63. The summed E-state index contributed by atoms with van der Waals surface area (Å²) in [5.74, 6) is 0.102. The first-order valence-corrected chi connectivity index (χ1v) is 13.2. The van der Waals surface area contributed by atoms with Crippen molar-refractivity contribution in [1.82, 2.24) is 19.6 Å². The maximum atomic E-state index is 13.5. The summed E-state index contributed by atoms with van der Waals surface area (Å²) in [6.07, 6.45) is 0.756. The predicted octanol–water partition coefficient (Wildman–Crippen LogP) is 5.89. The molecular formula is C26H22ClF3N4O2S. The van der Waals surface area contributed by atoms with Gasteiger partial charge in [-0.3, -0.25) is 19.2 Å². The van der Waals surface area contributed by atoms with E-state index in [4.69, 9.17) is 11.6 Å². The number of halogens is 4. The van der Waals surface area contributed by atoms with Crippen molar-refractivity contribution in [1.29, 1.82) is 0 Å². The fraction of sp³-hybridized carbons (Fsp3) is 0.346. The molecule has 3 aromatic rings. The molecule has 1 aromatic heterocycles.